The van der Waals surface area contributed by atoms with Crippen molar-refractivity contribution >= 4 is 50.5 Å². The zero-order valence-electron chi connectivity index (χ0n) is 14.7. The molecule has 1 amide bonds. The SMILES string of the molecule is O=C(NC(=S)Nc1ccc(S(=O)(=O)N2CCOCC2)cc1)c1ccc(Cl)cc1. The number of anilines is 1. The molecule has 10 heteroatoms. The van der Waals surface area contributed by atoms with Crippen LogP contribution in [0.2, 0.25) is 5.02 Å². The number of hydrogen-bond donors (Lipinski definition) is 2. The van der Waals surface area contributed by atoms with Crippen LogP contribution in [0.25, 0.3) is 0 Å². The number of sulfonamides is 1. The standard InChI is InChI=1S/C18H18ClN3O4S2/c19-14-3-1-13(2-4-14)17(23)21-18(27)20-15-5-7-16(8-6-15)28(24,25)22-9-11-26-12-10-22/h1-8H,9-12H2,(H2,20,21,23,27). The Morgan fingerprint density at radius 1 is 1.04 bits per heavy atom. The maximum atomic E-state index is 12.6. The van der Waals surface area contributed by atoms with Crippen LogP contribution in [0.3, 0.4) is 0 Å². The molecule has 2 aromatic rings. The Labute approximate surface area is 173 Å². The van der Waals surface area contributed by atoms with Crippen LogP contribution in [0.15, 0.2) is 53.4 Å². The third-order valence-electron chi connectivity index (χ3n) is 4.05. The van der Waals surface area contributed by atoms with Gasteiger partial charge < -0.3 is 10.1 Å². The first-order chi connectivity index (χ1) is 13.4. The lowest BCUT2D eigenvalue weighted by Gasteiger charge is -2.26. The quantitative estimate of drug-likeness (QED) is 0.711. The zero-order valence-corrected chi connectivity index (χ0v) is 17.1. The number of nitrogens with one attached hydrogen (secondary N) is 2. The Morgan fingerprint density at radius 3 is 2.25 bits per heavy atom. The Hall–Kier alpha value is -2.04. The molecule has 1 aliphatic heterocycles. The van der Waals surface area contributed by atoms with Crippen molar-refractivity contribution in [3.05, 3.63) is 59.1 Å². The van der Waals surface area contributed by atoms with E-state index in [1.165, 1.54) is 16.4 Å². The van der Waals surface area contributed by atoms with E-state index in [0.29, 0.717) is 42.6 Å². The molecular formula is C18H18ClN3O4S2. The van der Waals surface area contributed by atoms with E-state index in [1.807, 2.05) is 0 Å². The number of morpholine rings is 1. The number of amides is 1. The molecule has 2 N–H and O–H groups in total. The molecule has 0 spiro atoms. The fraction of sp³-hybridized carbons (Fsp3) is 0.222. The lowest BCUT2D eigenvalue weighted by molar-refractivity contribution is 0.0730. The molecule has 7 nitrogen and oxygen atoms in total. The van der Waals surface area contributed by atoms with E-state index in [0.717, 1.165) is 0 Å². The zero-order chi connectivity index (χ0) is 20.1. The molecule has 1 fully saturated rings. The first-order valence-corrected chi connectivity index (χ1v) is 10.6. The largest absolute Gasteiger partial charge is 0.379 e. The highest BCUT2D eigenvalue weighted by atomic mass is 35.5. The fourth-order valence-electron chi connectivity index (χ4n) is 2.59. The van der Waals surface area contributed by atoms with Gasteiger partial charge in [0.1, 0.15) is 0 Å². The van der Waals surface area contributed by atoms with Crippen LogP contribution in [0.1, 0.15) is 10.4 Å². The van der Waals surface area contributed by atoms with E-state index in [-0.39, 0.29) is 15.9 Å². The van der Waals surface area contributed by atoms with Gasteiger partial charge in [0.05, 0.1) is 18.1 Å². The van der Waals surface area contributed by atoms with Gasteiger partial charge in [-0.3, -0.25) is 10.1 Å². The van der Waals surface area contributed by atoms with Gasteiger partial charge in [0.2, 0.25) is 10.0 Å². The van der Waals surface area contributed by atoms with Gasteiger partial charge in [-0.1, -0.05) is 11.6 Å². The molecule has 0 unspecified atom stereocenters. The molecule has 2 aromatic carbocycles. The Morgan fingerprint density at radius 2 is 1.64 bits per heavy atom. The molecule has 0 saturated carbocycles. The molecule has 0 atom stereocenters. The maximum absolute atomic E-state index is 12.6. The molecule has 148 valence electrons. The Kier molecular flexibility index (Phi) is 6.63. The Bertz CT molecular complexity index is 957. The van der Waals surface area contributed by atoms with Gasteiger partial charge in [-0.05, 0) is 60.7 Å². The number of nitrogens with zero attached hydrogens (tertiary/aromatic N) is 1. The van der Waals surface area contributed by atoms with E-state index in [9.17, 15) is 13.2 Å². The van der Waals surface area contributed by atoms with Gasteiger partial charge in [0.25, 0.3) is 5.91 Å². The number of halogens is 1. The highest BCUT2D eigenvalue weighted by Crippen LogP contribution is 2.19. The normalized spacial score (nSPS) is 15.0. The minimum Gasteiger partial charge on any atom is -0.379 e. The van der Waals surface area contributed by atoms with Crippen LogP contribution in [0, 0.1) is 0 Å². The van der Waals surface area contributed by atoms with Crippen LogP contribution in [0.5, 0.6) is 0 Å². The summed E-state index contributed by atoms with van der Waals surface area (Å²) in [5, 5.41) is 6.05. The minimum absolute atomic E-state index is 0.101. The highest BCUT2D eigenvalue weighted by Gasteiger charge is 2.26. The lowest BCUT2D eigenvalue weighted by atomic mass is 10.2. The summed E-state index contributed by atoms with van der Waals surface area (Å²) in [7, 11) is -3.55. The fourth-order valence-corrected chi connectivity index (χ4v) is 4.33. The number of carbonyl (C=O) groups excluding carboxylic acids is 1. The molecule has 0 bridgehead atoms. The second-order valence-electron chi connectivity index (χ2n) is 5.96. The van der Waals surface area contributed by atoms with Crippen LogP contribution in [-0.4, -0.2) is 50.0 Å². The number of ether oxygens (including phenoxy) is 1. The van der Waals surface area contributed by atoms with Gasteiger partial charge in [-0.2, -0.15) is 4.31 Å². The van der Waals surface area contributed by atoms with E-state index >= 15 is 0 Å². The lowest BCUT2D eigenvalue weighted by Crippen LogP contribution is -2.40. The molecule has 3 rings (SSSR count). The van der Waals surface area contributed by atoms with Gasteiger partial charge >= 0.3 is 0 Å². The number of hydrogen-bond acceptors (Lipinski definition) is 5. The van der Waals surface area contributed by atoms with Gasteiger partial charge in [0.15, 0.2) is 5.11 Å². The van der Waals surface area contributed by atoms with Gasteiger partial charge in [-0.15, -0.1) is 0 Å². The molecular weight excluding hydrogens is 422 g/mol. The summed E-state index contributed by atoms with van der Waals surface area (Å²) in [6, 6.07) is 12.6. The van der Waals surface area contributed by atoms with Crippen molar-refractivity contribution < 1.29 is 17.9 Å². The molecule has 0 aromatic heterocycles. The molecule has 1 heterocycles. The Balaban J connectivity index is 1.61. The van der Waals surface area contributed by atoms with Crippen molar-refractivity contribution in [1.82, 2.24) is 9.62 Å². The molecule has 28 heavy (non-hydrogen) atoms. The smallest absolute Gasteiger partial charge is 0.257 e. The predicted molar refractivity (Wildman–Crippen MR) is 111 cm³/mol. The van der Waals surface area contributed by atoms with E-state index in [4.69, 9.17) is 28.6 Å². The van der Waals surface area contributed by atoms with Gasteiger partial charge in [0, 0.05) is 29.4 Å². The first-order valence-electron chi connectivity index (χ1n) is 8.42. The number of benzene rings is 2. The van der Waals surface area contributed by atoms with Crippen LogP contribution in [-0.2, 0) is 14.8 Å². The van der Waals surface area contributed by atoms with Crippen molar-refractivity contribution in [3.63, 3.8) is 0 Å². The van der Waals surface area contributed by atoms with E-state index < -0.39 is 10.0 Å². The maximum Gasteiger partial charge on any atom is 0.257 e. The monoisotopic (exact) mass is 439 g/mol. The third-order valence-corrected chi connectivity index (χ3v) is 6.42. The summed E-state index contributed by atoms with van der Waals surface area (Å²) in [5.74, 6) is -0.374. The minimum atomic E-state index is -3.55. The summed E-state index contributed by atoms with van der Waals surface area (Å²) in [4.78, 5) is 12.3. The number of thiocarbonyl (C=S) groups is 1. The predicted octanol–water partition coefficient (Wildman–Crippen LogP) is 2.49. The first kappa shape index (κ1) is 20.7. The second kappa shape index (κ2) is 8.97. The summed E-state index contributed by atoms with van der Waals surface area (Å²) >= 11 is 10.9. The molecule has 1 aliphatic rings. The van der Waals surface area contributed by atoms with Crippen LogP contribution in [0.4, 0.5) is 5.69 Å². The topological polar surface area (TPSA) is 87.7 Å². The number of rotatable bonds is 4. The summed E-state index contributed by atoms with van der Waals surface area (Å²) in [6.07, 6.45) is 0. The number of carbonyl (C=O) groups is 1. The van der Waals surface area contributed by atoms with Crippen molar-refractivity contribution in [2.24, 2.45) is 0 Å². The average molecular weight is 440 g/mol. The second-order valence-corrected chi connectivity index (χ2v) is 8.74. The van der Waals surface area contributed by atoms with Crippen molar-refractivity contribution in [2.75, 3.05) is 31.6 Å². The summed E-state index contributed by atoms with van der Waals surface area (Å²) in [5.41, 5.74) is 0.975. The van der Waals surface area contributed by atoms with Crippen LogP contribution < -0.4 is 10.6 Å². The molecule has 1 saturated heterocycles. The molecule has 0 aliphatic carbocycles. The van der Waals surface area contributed by atoms with Crippen molar-refractivity contribution in [1.29, 1.82) is 0 Å². The molecule has 0 radical (unpaired) electrons. The van der Waals surface area contributed by atoms with E-state index in [2.05, 4.69) is 10.6 Å². The van der Waals surface area contributed by atoms with Gasteiger partial charge in [-0.25, -0.2) is 8.42 Å². The van der Waals surface area contributed by atoms with Crippen LogP contribution >= 0.6 is 23.8 Å². The van der Waals surface area contributed by atoms with Crippen molar-refractivity contribution in [3.8, 4) is 0 Å². The highest BCUT2D eigenvalue weighted by molar-refractivity contribution is 7.89. The van der Waals surface area contributed by atoms with E-state index in [1.54, 1.807) is 36.4 Å². The third kappa shape index (κ3) is 5.06. The average Bonchev–Trinajstić information content (AvgIpc) is 2.69. The summed E-state index contributed by atoms with van der Waals surface area (Å²) in [6.45, 7) is 1.45. The summed E-state index contributed by atoms with van der Waals surface area (Å²) < 4.78 is 31.8. The van der Waals surface area contributed by atoms with Crippen molar-refractivity contribution in [2.45, 2.75) is 4.90 Å².